The van der Waals surface area contributed by atoms with Crippen molar-refractivity contribution in [3.63, 3.8) is 0 Å². The zero-order valence-corrected chi connectivity index (χ0v) is 19.1. The highest BCUT2D eigenvalue weighted by molar-refractivity contribution is 5.54. The van der Waals surface area contributed by atoms with E-state index in [1.165, 1.54) is 5.56 Å². The number of hydrogen-bond acceptors (Lipinski definition) is 1. The lowest BCUT2D eigenvalue weighted by atomic mass is 9.94. The molecule has 0 unspecified atom stereocenters. The monoisotopic (exact) mass is 412 g/mol. The van der Waals surface area contributed by atoms with Crippen molar-refractivity contribution in [3.8, 4) is 29.4 Å². The molecule has 1 nitrogen and oxygen atoms in total. The Morgan fingerprint density at radius 2 is 1.19 bits per heavy atom. The van der Waals surface area contributed by atoms with Gasteiger partial charge in [0.25, 0.3) is 0 Å². The van der Waals surface area contributed by atoms with Crippen LogP contribution in [0.15, 0.2) is 60.7 Å². The molecule has 3 rings (SSSR count). The summed E-state index contributed by atoms with van der Waals surface area (Å²) in [5, 5.41) is 0. The fraction of sp³-hybridized carbons (Fsp3) is 0.241. The number of benzene rings is 3. The van der Waals surface area contributed by atoms with Gasteiger partial charge >= 0.3 is 0 Å². The van der Waals surface area contributed by atoms with Gasteiger partial charge in [-0.05, 0) is 61.4 Å². The predicted octanol–water partition coefficient (Wildman–Crippen LogP) is 7.09. The molecule has 0 aromatic heterocycles. The maximum Gasteiger partial charge on any atom is 0.143 e. The smallest absolute Gasteiger partial charge is 0.143 e. The topological polar surface area (TPSA) is 9.23 Å². The summed E-state index contributed by atoms with van der Waals surface area (Å²) in [6.45, 7) is 9.96. The standard InChI is InChI=1S/C27H23FO.C2H6/c1-19(2)26-23(13-9-22-11-17-25(29-4)18-12-22)15-16-24(27(26)28)14-10-21-7-5-20(3)6-8-21;1-2/h5-8,11-12,15-19H,1-4H3;1-2H3. The number of hydrogen-bond donors (Lipinski definition) is 0. The molecule has 0 bridgehead atoms. The molecule has 0 saturated carbocycles. The Kier molecular flexibility index (Phi) is 8.93. The van der Waals surface area contributed by atoms with Gasteiger partial charge in [-0.25, -0.2) is 4.39 Å². The van der Waals surface area contributed by atoms with Crippen molar-refractivity contribution in [3.05, 3.63) is 99.9 Å². The van der Waals surface area contributed by atoms with Gasteiger partial charge in [-0.15, -0.1) is 0 Å². The number of rotatable bonds is 2. The minimum absolute atomic E-state index is 0.00343. The van der Waals surface area contributed by atoms with E-state index in [-0.39, 0.29) is 11.7 Å². The molecule has 0 atom stereocenters. The van der Waals surface area contributed by atoms with E-state index in [2.05, 4.69) is 23.7 Å². The van der Waals surface area contributed by atoms with Gasteiger partial charge < -0.3 is 4.74 Å². The lowest BCUT2D eigenvalue weighted by Gasteiger charge is -2.11. The summed E-state index contributed by atoms with van der Waals surface area (Å²) < 4.78 is 20.3. The summed E-state index contributed by atoms with van der Waals surface area (Å²) in [5.41, 5.74) is 4.57. The first kappa shape index (κ1) is 23.8. The van der Waals surface area contributed by atoms with Gasteiger partial charge in [-0.2, -0.15) is 0 Å². The Balaban J connectivity index is 0.00000166. The van der Waals surface area contributed by atoms with Gasteiger partial charge in [0.15, 0.2) is 0 Å². The maximum absolute atomic E-state index is 15.2. The lowest BCUT2D eigenvalue weighted by Crippen LogP contribution is -2.00. The summed E-state index contributed by atoms with van der Waals surface area (Å²) in [7, 11) is 1.63. The summed E-state index contributed by atoms with van der Waals surface area (Å²) in [4.78, 5) is 0. The zero-order valence-electron chi connectivity index (χ0n) is 19.1. The molecule has 0 heterocycles. The number of ether oxygens (including phenoxy) is 1. The van der Waals surface area contributed by atoms with Crippen LogP contribution in [0.2, 0.25) is 0 Å². The van der Waals surface area contributed by atoms with Crippen molar-refractivity contribution in [1.29, 1.82) is 0 Å². The second-order valence-corrected chi connectivity index (χ2v) is 7.14. The van der Waals surface area contributed by atoms with Gasteiger partial charge in [-0.1, -0.05) is 69.1 Å². The van der Waals surface area contributed by atoms with Crippen molar-refractivity contribution in [1.82, 2.24) is 0 Å². The molecule has 158 valence electrons. The van der Waals surface area contributed by atoms with E-state index in [0.29, 0.717) is 16.7 Å². The van der Waals surface area contributed by atoms with Gasteiger partial charge in [-0.3, -0.25) is 0 Å². The Hall–Kier alpha value is -3.49. The van der Waals surface area contributed by atoms with Crippen LogP contribution in [0.5, 0.6) is 5.75 Å². The third-order valence-corrected chi connectivity index (χ3v) is 4.58. The van der Waals surface area contributed by atoms with Crippen molar-refractivity contribution >= 4 is 0 Å². The largest absolute Gasteiger partial charge is 0.497 e. The van der Waals surface area contributed by atoms with E-state index in [1.807, 2.05) is 89.2 Å². The van der Waals surface area contributed by atoms with E-state index in [0.717, 1.165) is 16.9 Å². The highest BCUT2D eigenvalue weighted by atomic mass is 19.1. The maximum atomic E-state index is 15.2. The minimum atomic E-state index is -0.291. The molecule has 3 aromatic carbocycles. The molecular weight excluding hydrogens is 383 g/mol. The van der Waals surface area contributed by atoms with E-state index >= 15 is 4.39 Å². The molecule has 0 saturated heterocycles. The molecule has 31 heavy (non-hydrogen) atoms. The molecule has 0 amide bonds. The lowest BCUT2D eigenvalue weighted by molar-refractivity contribution is 0.415. The highest BCUT2D eigenvalue weighted by Crippen LogP contribution is 2.25. The number of halogens is 1. The zero-order chi connectivity index (χ0) is 22.8. The average Bonchev–Trinajstić information content (AvgIpc) is 2.79. The van der Waals surface area contributed by atoms with E-state index in [9.17, 15) is 0 Å². The number of methoxy groups -OCH3 is 1. The van der Waals surface area contributed by atoms with E-state index in [4.69, 9.17) is 4.74 Å². The van der Waals surface area contributed by atoms with Gasteiger partial charge in [0.1, 0.15) is 11.6 Å². The quantitative estimate of drug-likeness (QED) is 0.408. The molecule has 0 radical (unpaired) electrons. The fourth-order valence-corrected chi connectivity index (χ4v) is 2.95. The van der Waals surface area contributed by atoms with Crippen molar-refractivity contribution in [2.45, 2.75) is 40.5 Å². The van der Waals surface area contributed by atoms with E-state index in [1.54, 1.807) is 13.2 Å². The molecule has 0 spiro atoms. The minimum Gasteiger partial charge on any atom is -0.497 e. The fourth-order valence-electron chi connectivity index (χ4n) is 2.95. The average molecular weight is 413 g/mol. The van der Waals surface area contributed by atoms with Crippen LogP contribution in [0.1, 0.15) is 67.0 Å². The van der Waals surface area contributed by atoms with Gasteiger partial charge in [0.05, 0.1) is 12.7 Å². The summed E-state index contributed by atoms with van der Waals surface area (Å²) >= 11 is 0. The van der Waals surface area contributed by atoms with Crippen LogP contribution in [0.25, 0.3) is 0 Å². The third kappa shape index (κ3) is 6.50. The third-order valence-electron chi connectivity index (χ3n) is 4.58. The van der Waals surface area contributed by atoms with Crippen molar-refractivity contribution in [2.24, 2.45) is 0 Å². The summed E-state index contributed by atoms with van der Waals surface area (Å²) in [6.07, 6.45) is 0. The first-order valence-corrected chi connectivity index (χ1v) is 10.5. The molecule has 0 aliphatic rings. The molecule has 2 heteroatoms. The van der Waals surface area contributed by atoms with Crippen molar-refractivity contribution in [2.75, 3.05) is 7.11 Å². The van der Waals surface area contributed by atoms with Gasteiger partial charge in [0.2, 0.25) is 0 Å². The van der Waals surface area contributed by atoms with Gasteiger partial charge in [0, 0.05) is 22.3 Å². The van der Waals surface area contributed by atoms with Crippen LogP contribution in [-0.2, 0) is 0 Å². The molecule has 0 aliphatic heterocycles. The highest BCUT2D eigenvalue weighted by Gasteiger charge is 2.14. The Labute approximate surface area is 186 Å². The normalized spacial score (nSPS) is 9.55. The Morgan fingerprint density at radius 3 is 1.71 bits per heavy atom. The SMILES string of the molecule is CC.COc1ccc(C#Cc2ccc(C#Cc3ccc(C)cc3)c(F)c2C(C)C)cc1. The molecule has 0 aliphatic carbocycles. The summed E-state index contributed by atoms with van der Waals surface area (Å²) in [5.74, 6) is 12.7. The van der Waals surface area contributed by atoms with Crippen LogP contribution < -0.4 is 4.74 Å². The van der Waals surface area contributed by atoms with Crippen LogP contribution in [-0.4, -0.2) is 7.11 Å². The molecule has 3 aromatic rings. The summed E-state index contributed by atoms with van der Waals surface area (Å²) in [6, 6.07) is 18.9. The Morgan fingerprint density at radius 1 is 0.710 bits per heavy atom. The van der Waals surface area contributed by atoms with Crippen molar-refractivity contribution < 1.29 is 9.13 Å². The predicted molar refractivity (Wildman–Crippen MR) is 128 cm³/mol. The Bertz CT molecular complexity index is 1120. The number of aryl methyl sites for hydroxylation is 1. The van der Waals surface area contributed by atoms with Crippen LogP contribution >= 0.6 is 0 Å². The second kappa shape index (κ2) is 11.6. The van der Waals surface area contributed by atoms with Crippen LogP contribution in [0.4, 0.5) is 4.39 Å². The first-order chi connectivity index (χ1) is 15.0. The molecule has 0 N–H and O–H groups in total. The first-order valence-electron chi connectivity index (χ1n) is 10.5. The van der Waals surface area contributed by atoms with E-state index < -0.39 is 0 Å². The second-order valence-electron chi connectivity index (χ2n) is 7.14. The molecular formula is C29H29FO. The van der Waals surface area contributed by atoms with Crippen LogP contribution in [0.3, 0.4) is 0 Å². The van der Waals surface area contributed by atoms with Crippen LogP contribution in [0, 0.1) is 36.4 Å². The molecule has 0 fully saturated rings.